The van der Waals surface area contributed by atoms with Crippen LogP contribution in [0.25, 0.3) is 0 Å². The maximum atomic E-state index is 5.22. The van der Waals surface area contributed by atoms with E-state index in [1.165, 1.54) is 0 Å². The van der Waals surface area contributed by atoms with E-state index in [0.29, 0.717) is 0 Å². The van der Waals surface area contributed by atoms with Gasteiger partial charge in [-0.3, -0.25) is 0 Å². The third kappa shape index (κ3) is 11.3. The lowest BCUT2D eigenvalue weighted by Gasteiger charge is -2.11. The molecule has 0 amide bonds. The Kier molecular flexibility index (Phi) is 4.25. The molecule has 0 saturated carbocycles. The van der Waals surface area contributed by atoms with Crippen molar-refractivity contribution < 1.29 is 4.74 Å². The third-order valence-electron chi connectivity index (χ3n) is 1.29. The highest BCUT2D eigenvalue weighted by Crippen LogP contribution is 2.16. The minimum atomic E-state index is 0.190. The van der Waals surface area contributed by atoms with Crippen LogP contribution in [0.3, 0.4) is 0 Å². The zero-order valence-corrected chi connectivity index (χ0v) is 9.72. The summed E-state index contributed by atoms with van der Waals surface area (Å²) in [6.45, 7) is 12.8. The minimum Gasteiger partial charge on any atom is -0.473 e. The Morgan fingerprint density at radius 3 is 1.23 bits per heavy atom. The van der Waals surface area contributed by atoms with Crippen LogP contribution in [0.4, 0.5) is 0 Å². The summed E-state index contributed by atoms with van der Waals surface area (Å²) in [5, 5.41) is 0. The van der Waals surface area contributed by atoms with Crippen molar-refractivity contribution in [1.82, 2.24) is 0 Å². The van der Waals surface area contributed by atoms with Gasteiger partial charge in [0.1, 0.15) is 0 Å². The van der Waals surface area contributed by atoms with Crippen LogP contribution < -0.4 is 0 Å². The zero-order valence-electron chi connectivity index (χ0n) is 9.72. The molecule has 0 aliphatic carbocycles. The Balaban J connectivity index is 3.81. The molecule has 0 unspecified atom stereocenters. The fourth-order valence-electron chi connectivity index (χ4n) is 0.532. The second kappa shape index (κ2) is 4.50. The first-order chi connectivity index (χ1) is 5.71. The smallest absolute Gasteiger partial charge is 0.0866 e. The standard InChI is InChI=1S/C12H22O/c1-11(2,3)7-9-13-10-8-12(4,5)6/h7-10H,1-6H3. The van der Waals surface area contributed by atoms with Crippen molar-refractivity contribution in [2.75, 3.05) is 0 Å². The maximum absolute atomic E-state index is 5.22. The average molecular weight is 182 g/mol. The minimum absolute atomic E-state index is 0.190. The van der Waals surface area contributed by atoms with E-state index < -0.39 is 0 Å². The van der Waals surface area contributed by atoms with Crippen molar-refractivity contribution in [2.45, 2.75) is 41.5 Å². The molecule has 0 aromatic heterocycles. The van der Waals surface area contributed by atoms with Crippen molar-refractivity contribution in [1.29, 1.82) is 0 Å². The number of allylic oxidation sites excluding steroid dienone is 2. The summed E-state index contributed by atoms with van der Waals surface area (Å²) < 4.78 is 5.22. The van der Waals surface area contributed by atoms with E-state index in [0.717, 1.165) is 0 Å². The lowest BCUT2D eigenvalue weighted by atomic mass is 9.97. The predicted octanol–water partition coefficient (Wildman–Crippen LogP) is 4.12. The Morgan fingerprint density at radius 2 is 1.00 bits per heavy atom. The molecule has 13 heavy (non-hydrogen) atoms. The molecule has 0 heterocycles. The highest BCUT2D eigenvalue weighted by atomic mass is 16.5. The van der Waals surface area contributed by atoms with Crippen LogP contribution in [-0.4, -0.2) is 0 Å². The predicted molar refractivity (Wildman–Crippen MR) is 58.3 cm³/mol. The summed E-state index contributed by atoms with van der Waals surface area (Å²) >= 11 is 0. The molecule has 0 spiro atoms. The summed E-state index contributed by atoms with van der Waals surface area (Å²) in [7, 11) is 0. The summed E-state index contributed by atoms with van der Waals surface area (Å²) in [4.78, 5) is 0. The van der Waals surface area contributed by atoms with Crippen LogP contribution in [0.2, 0.25) is 0 Å². The molecule has 0 saturated heterocycles. The van der Waals surface area contributed by atoms with Crippen molar-refractivity contribution in [3.63, 3.8) is 0 Å². The van der Waals surface area contributed by atoms with Gasteiger partial charge >= 0.3 is 0 Å². The molecule has 0 radical (unpaired) electrons. The van der Waals surface area contributed by atoms with Crippen LogP contribution in [-0.2, 0) is 4.74 Å². The largest absolute Gasteiger partial charge is 0.473 e. The molecule has 0 bridgehead atoms. The first-order valence-corrected chi connectivity index (χ1v) is 4.72. The average Bonchev–Trinajstić information content (AvgIpc) is 1.81. The van der Waals surface area contributed by atoms with Crippen LogP contribution in [0.1, 0.15) is 41.5 Å². The summed E-state index contributed by atoms with van der Waals surface area (Å²) in [6, 6.07) is 0. The van der Waals surface area contributed by atoms with Gasteiger partial charge in [-0.15, -0.1) is 0 Å². The molecule has 76 valence electrons. The normalized spacial score (nSPS) is 14.3. The molecule has 1 heteroatoms. The fraction of sp³-hybridized carbons (Fsp3) is 0.667. The molecule has 0 aliphatic heterocycles. The van der Waals surface area contributed by atoms with Gasteiger partial charge in [0.15, 0.2) is 0 Å². The second-order valence-electron chi connectivity index (χ2n) is 5.47. The van der Waals surface area contributed by atoms with Gasteiger partial charge in [-0.1, -0.05) is 41.5 Å². The number of hydrogen-bond acceptors (Lipinski definition) is 1. The summed E-state index contributed by atoms with van der Waals surface area (Å²) in [5.74, 6) is 0. The first-order valence-electron chi connectivity index (χ1n) is 4.72. The molecular weight excluding hydrogens is 160 g/mol. The van der Waals surface area contributed by atoms with Crippen LogP contribution >= 0.6 is 0 Å². The van der Waals surface area contributed by atoms with Crippen molar-refractivity contribution in [2.24, 2.45) is 10.8 Å². The van der Waals surface area contributed by atoms with Crippen molar-refractivity contribution in [3.8, 4) is 0 Å². The van der Waals surface area contributed by atoms with E-state index in [9.17, 15) is 0 Å². The number of ether oxygens (including phenoxy) is 1. The quantitative estimate of drug-likeness (QED) is 0.584. The highest BCUT2D eigenvalue weighted by molar-refractivity contribution is 4.91. The van der Waals surface area contributed by atoms with E-state index in [-0.39, 0.29) is 10.8 Å². The number of rotatable bonds is 2. The highest BCUT2D eigenvalue weighted by Gasteiger charge is 2.04. The van der Waals surface area contributed by atoms with E-state index in [2.05, 4.69) is 41.5 Å². The third-order valence-corrected chi connectivity index (χ3v) is 1.29. The van der Waals surface area contributed by atoms with Gasteiger partial charge in [0, 0.05) is 0 Å². The van der Waals surface area contributed by atoms with Crippen molar-refractivity contribution >= 4 is 0 Å². The van der Waals surface area contributed by atoms with Crippen LogP contribution in [0.15, 0.2) is 24.7 Å². The fourth-order valence-corrected chi connectivity index (χ4v) is 0.532. The van der Waals surface area contributed by atoms with Crippen LogP contribution in [0, 0.1) is 10.8 Å². The molecule has 0 aliphatic rings. The van der Waals surface area contributed by atoms with E-state index in [1.807, 2.05) is 12.2 Å². The van der Waals surface area contributed by atoms with Gasteiger partial charge in [-0.25, -0.2) is 0 Å². The van der Waals surface area contributed by atoms with Gasteiger partial charge in [0.05, 0.1) is 12.5 Å². The lowest BCUT2D eigenvalue weighted by Crippen LogP contribution is -1.99. The van der Waals surface area contributed by atoms with E-state index >= 15 is 0 Å². The monoisotopic (exact) mass is 182 g/mol. The summed E-state index contributed by atoms with van der Waals surface area (Å²) in [6.07, 6.45) is 7.56. The molecule has 0 atom stereocenters. The van der Waals surface area contributed by atoms with Gasteiger partial charge in [-0.2, -0.15) is 0 Å². The van der Waals surface area contributed by atoms with Gasteiger partial charge in [0.25, 0.3) is 0 Å². The van der Waals surface area contributed by atoms with Gasteiger partial charge in [0.2, 0.25) is 0 Å². The molecule has 0 aromatic rings. The Labute approximate surface area is 82.5 Å². The van der Waals surface area contributed by atoms with Crippen LogP contribution in [0.5, 0.6) is 0 Å². The molecule has 1 nitrogen and oxygen atoms in total. The van der Waals surface area contributed by atoms with Crippen molar-refractivity contribution in [3.05, 3.63) is 24.7 Å². The molecule has 0 fully saturated rings. The van der Waals surface area contributed by atoms with E-state index in [1.54, 1.807) is 12.5 Å². The topological polar surface area (TPSA) is 9.23 Å². The lowest BCUT2D eigenvalue weighted by molar-refractivity contribution is 0.377. The second-order valence-corrected chi connectivity index (χ2v) is 5.47. The maximum Gasteiger partial charge on any atom is 0.0866 e. The van der Waals surface area contributed by atoms with Gasteiger partial charge in [-0.05, 0) is 23.0 Å². The Hall–Kier alpha value is -0.720. The molecule has 0 N–H and O–H groups in total. The molecule has 0 aromatic carbocycles. The SMILES string of the molecule is CC(C)(C)C=COC=CC(C)(C)C. The molecular formula is C12H22O. The zero-order chi connectivity index (χ0) is 10.5. The first kappa shape index (κ1) is 12.3. The van der Waals surface area contributed by atoms with E-state index in [4.69, 9.17) is 4.74 Å². The van der Waals surface area contributed by atoms with Gasteiger partial charge < -0.3 is 4.74 Å². The molecule has 0 rings (SSSR count). The summed E-state index contributed by atoms with van der Waals surface area (Å²) in [5.41, 5.74) is 0.380. The Morgan fingerprint density at radius 1 is 0.692 bits per heavy atom. The number of hydrogen-bond donors (Lipinski definition) is 0. The Bertz CT molecular complexity index is 164.